The number of hydrogen-bond donors (Lipinski definition) is 1. The molecular weight excluding hydrogens is 204 g/mol. The van der Waals surface area contributed by atoms with Crippen molar-refractivity contribution in [3.05, 3.63) is 12.7 Å². The SMILES string of the molecule is C=CC1CC1(OC(=O)O)OC(=O)OCC. The molecule has 0 saturated heterocycles. The van der Waals surface area contributed by atoms with Crippen LogP contribution < -0.4 is 0 Å². The van der Waals surface area contributed by atoms with Gasteiger partial charge >= 0.3 is 12.3 Å². The lowest BCUT2D eigenvalue weighted by Gasteiger charge is -2.15. The first-order valence-corrected chi connectivity index (χ1v) is 4.44. The lowest BCUT2D eigenvalue weighted by atomic mass is 10.4. The van der Waals surface area contributed by atoms with E-state index in [4.69, 9.17) is 9.84 Å². The standard InChI is InChI=1S/C9H12O6/c1-3-6-5-9(6,14-7(10)11)15-8(12)13-4-2/h3,6H,1,4-5H2,2H3,(H,10,11). The predicted molar refractivity (Wildman–Crippen MR) is 48.3 cm³/mol. The van der Waals surface area contributed by atoms with Crippen LogP contribution in [-0.2, 0) is 14.2 Å². The van der Waals surface area contributed by atoms with E-state index in [0.29, 0.717) is 0 Å². The molecule has 0 aromatic heterocycles. The van der Waals surface area contributed by atoms with E-state index in [9.17, 15) is 9.59 Å². The summed E-state index contributed by atoms with van der Waals surface area (Å²) < 4.78 is 13.8. The Labute approximate surface area is 86.4 Å². The molecule has 0 spiro atoms. The Morgan fingerprint density at radius 2 is 2.27 bits per heavy atom. The first-order valence-electron chi connectivity index (χ1n) is 4.44. The van der Waals surface area contributed by atoms with Crippen LogP contribution in [0.3, 0.4) is 0 Å². The quantitative estimate of drug-likeness (QED) is 0.438. The molecule has 2 atom stereocenters. The minimum absolute atomic E-state index is 0.154. The molecule has 84 valence electrons. The van der Waals surface area contributed by atoms with Gasteiger partial charge in [-0.2, -0.15) is 0 Å². The summed E-state index contributed by atoms with van der Waals surface area (Å²) in [7, 11) is 0. The second kappa shape index (κ2) is 4.20. The first kappa shape index (κ1) is 11.4. The highest BCUT2D eigenvalue weighted by molar-refractivity contribution is 5.63. The maximum absolute atomic E-state index is 11.0. The number of carbonyl (C=O) groups excluding carboxylic acids is 1. The molecular formula is C9H12O6. The number of carbonyl (C=O) groups is 2. The van der Waals surface area contributed by atoms with E-state index in [-0.39, 0.29) is 18.9 Å². The van der Waals surface area contributed by atoms with Crippen molar-refractivity contribution in [2.24, 2.45) is 5.92 Å². The van der Waals surface area contributed by atoms with Crippen LogP contribution in [0, 0.1) is 5.92 Å². The lowest BCUT2D eigenvalue weighted by molar-refractivity contribution is -0.124. The van der Waals surface area contributed by atoms with Gasteiger partial charge in [0.15, 0.2) is 0 Å². The normalized spacial score (nSPS) is 27.7. The molecule has 0 aromatic rings. The summed E-state index contributed by atoms with van der Waals surface area (Å²) in [6.07, 6.45) is -0.684. The largest absolute Gasteiger partial charge is 0.511 e. The van der Waals surface area contributed by atoms with Crippen molar-refractivity contribution in [1.29, 1.82) is 0 Å². The highest BCUT2D eigenvalue weighted by Crippen LogP contribution is 2.49. The molecule has 0 heterocycles. The molecule has 2 unspecified atom stereocenters. The van der Waals surface area contributed by atoms with Crippen LogP contribution in [0.4, 0.5) is 9.59 Å². The van der Waals surface area contributed by atoms with Crippen LogP contribution in [0.1, 0.15) is 13.3 Å². The van der Waals surface area contributed by atoms with E-state index in [0.717, 1.165) is 0 Å². The fourth-order valence-electron chi connectivity index (χ4n) is 1.20. The number of ether oxygens (including phenoxy) is 3. The molecule has 0 bridgehead atoms. The summed E-state index contributed by atoms with van der Waals surface area (Å²) >= 11 is 0. The zero-order valence-corrected chi connectivity index (χ0v) is 8.26. The summed E-state index contributed by atoms with van der Waals surface area (Å²) in [5.41, 5.74) is 0. The third-order valence-electron chi connectivity index (χ3n) is 1.97. The molecule has 1 aliphatic rings. The molecule has 1 fully saturated rings. The van der Waals surface area contributed by atoms with Gasteiger partial charge in [-0.3, -0.25) is 0 Å². The molecule has 0 aliphatic heterocycles. The molecule has 1 aliphatic carbocycles. The van der Waals surface area contributed by atoms with Gasteiger partial charge in [-0.15, -0.1) is 6.58 Å². The average Bonchev–Trinajstić information content (AvgIpc) is 2.77. The van der Waals surface area contributed by atoms with Gasteiger partial charge in [0, 0.05) is 6.42 Å². The third-order valence-corrected chi connectivity index (χ3v) is 1.97. The maximum Gasteiger partial charge on any atom is 0.511 e. The Balaban J connectivity index is 2.56. The van der Waals surface area contributed by atoms with Crippen molar-refractivity contribution in [1.82, 2.24) is 0 Å². The molecule has 6 nitrogen and oxygen atoms in total. The van der Waals surface area contributed by atoms with Crippen molar-refractivity contribution in [2.45, 2.75) is 19.1 Å². The summed E-state index contributed by atoms with van der Waals surface area (Å²) in [4.78, 5) is 21.4. The molecule has 0 amide bonds. The first-order chi connectivity index (χ1) is 7.04. The predicted octanol–water partition coefficient (Wildman–Crippen LogP) is 1.76. The Bertz CT molecular complexity index is 286. The summed E-state index contributed by atoms with van der Waals surface area (Å²) in [5.74, 6) is -1.74. The van der Waals surface area contributed by atoms with Crippen LogP contribution in [-0.4, -0.2) is 29.8 Å². The van der Waals surface area contributed by atoms with E-state index in [1.54, 1.807) is 6.92 Å². The van der Waals surface area contributed by atoms with E-state index in [2.05, 4.69) is 16.1 Å². The van der Waals surface area contributed by atoms with Gasteiger partial charge in [0.25, 0.3) is 5.79 Å². The van der Waals surface area contributed by atoms with Crippen LogP contribution in [0.5, 0.6) is 0 Å². The molecule has 15 heavy (non-hydrogen) atoms. The third kappa shape index (κ3) is 2.61. The van der Waals surface area contributed by atoms with Crippen molar-refractivity contribution in [2.75, 3.05) is 6.61 Å². The fourth-order valence-corrected chi connectivity index (χ4v) is 1.20. The van der Waals surface area contributed by atoms with E-state index in [1.807, 2.05) is 0 Å². The Hall–Kier alpha value is -1.72. The summed E-state index contributed by atoms with van der Waals surface area (Å²) in [5, 5.41) is 8.46. The van der Waals surface area contributed by atoms with Crippen molar-refractivity contribution in [3.63, 3.8) is 0 Å². The van der Waals surface area contributed by atoms with Crippen LogP contribution in [0.2, 0.25) is 0 Å². The second-order valence-corrected chi connectivity index (χ2v) is 3.01. The van der Waals surface area contributed by atoms with Crippen LogP contribution in [0.15, 0.2) is 12.7 Å². The van der Waals surface area contributed by atoms with E-state index < -0.39 is 18.1 Å². The monoisotopic (exact) mass is 216 g/mol. The number of hydrogen-bond acceptors (Lipinski definition) is 5. The van der Waals surface area contributed by atoms with Gasteiger partial charge in [0.2, 0.25) is 0 Å². The number of rotatable bonds is 4. The maximum atomic E-state index is 11.0. The molecule has 6 heteroatoms. The van der Waals surface area contributed by atoms with Crippen LogP contribution in [0.25, 0.3) is 0 Å². The van der Waals surface area contributed by atoms with Crippen molar-refractivity contribution < 1.29 is 28.9 Å². The highest BCUT2D eigenvalue weighted by atomic mass is 16.8. The lowest BCUT2D eigenvalue weighted by Crippen LogP contribution is -2.28. The minimum atomic E-state index is -1.50. The van der Waals surface area contributed by atoms with Crippen molar-refractivity contribution in [3.8, 4) is 0 Å². The molecule has 0 aromatic carbocycles. The van der Waals surface area contributed by atoms with Gasteiger partial charge in [0.1, 0.15) is 0 Å². The zero-order valence-electron chi connectivity index (χ0n) is 8.26. The number of carboxylic acid groups (broad SMARTS) is 1. The van der Waals surface area contributed by atoms with Crippen molar-refractivity contribution >= 4 is 12.3 Å². The fraction of sp³-hybridized carbons (Fsp3) is 0.556. The molecule has 1 rings (SSSR count). The summed E-state index contributed by atoms with van der Waals surface area (Å²) in [6, 6.07) is 0. The minimum Gasteiger partial charge on any atom is -0.450 e. The highest BCUT2D eigenvalue weighted by Gasteiger charge is 2.61. The van der Waals surface area contributed by atoms with E-state index >= 15 is 0 Å². The Morgan fingerprint density at radius 1 is 1.60 bits per heavy atom. The molecule has 1 N–H and O–H groups in total. The van der Waals surface area contributed by atoms with Gasteiger partial charge < -0.3 is 19.3 Å². The Kier molecular flexibility index (Phi) is 3.18. The molecule has 1 saturated carbocycles. The average molecular weight is 216 g/mol. The van der Waals surface area contributed by atoms with Gasteiger partial charge in [-0.05, 0) is 6.92 Å². The second-order valence-electron chi connectivity index (χ2n) is 3.01. The van der Waals surface area contributed by atoms with E-state index in [1.165, 1.54) is 6.08 Å². The smallest absolute Gasteiger partial charge is 0.450 e. The van der Waals surface area contributed by atoms with Gasteiger partial charge in [-0.25, -0.2) is 9.59 Å². The zero-order chi connectivity index (χ0) is 11.5. The topological polar surface area (TPSA) is 82.1 Å². The summed E-state index contributed by atoms with van der Waals surface area (Å²) in [6.45, 7) is 5.24. The Morgan fingerprint density at radius 3 is 2.67 bits per heavy atom. The van der Waals surface area contributed by atoms with Gasteiger partial charge in [-0.1, -0.05) is 6.08 Å². The van der Waals surface area contributed by atoms with Crippen LogP contribution >= 0.6 is 0 Å². The van der Waals surface area contributed by atoms with Gasteiger partial charge in [0.05, 0.1) is 12.5 Å². The molecule has 0 radical (unpaired) electrons.